The predicted molar refractivity (Wildman–Crippen MR) is 82.6 cm³/mol. The summed E-state index contributed by atoms with van der Waals surface area (Å²) in [6.07, 6.45) is 3.92. The molecule has 2 N–H and O–H groups in total. The average molecular weight is 284 g/mol. The van der Waals surface area contributed by atoms with Crippen molar-refractivity contribution >= 4 is 6.09 Å². The molecule has 2 atom stereocenters. The lowest BCUT2D eigenvalue weighted by Crippen LogP contribution is -2.51. The highest BCUT2D eigenvalue weighted by atomic mass is 16.6. The number of likely N-dealkylation sites (tertiary alicyclic amines) is 1. The van der Waals surface area contributed by atoms with E-state index >= 15 is 0 Å². The summed E-state index contributed by atoms with van der Waals surface area (Å²) in [4.78, 5) is 14.4. The van der Waals surface area contributed by atoms with Crippen molar-refractivity contribution in [3.8, 4) is 0 Å². The van der Waals surface area contributed by atoms with E-state index in [1.54, 1.807) is 0 Å². The standard InChI is InChI=1S/C16H32N2O2/c1-12(17)7-8-13-9-10-16(5,6)11-18(13)14(19)20-15(2,3)4/h12-13H,7-11,17H2,1-6H3/t12-,13?/m0/s1. The summed E-state index contributed by atoms with van der Waals surface area (Å²) in [6.45, 7) is 13.0. The molecule has 0 aromatic heterocycles. The van der Waals surface area contributed by atoms with Crippen LogP contribution in [0.25, 0.3) is 0 Å². The van der Waals surface area contributed by atoms with Crippen LogP contribution in [0.4, 0.5) is 4.79 Å². The first kappa shape index (κ1) is 17.3. The Balaban J connectivity index is 2.74. The maximum atomic E-state index is 12.4. The minimum Gasteiger partial charge on any atom is -0.444 e. The van der Waals surface area contributed by atoms with Gasteiger partial charge in [-0.05, 0) is 58.8 Å². The largest absolute Gasteiger partial charge is 0.444 e. The molecule has 20 heavy (non-hydrogen) atoms. The summed E-state index contributed by atoms with van der Waals surface area (Å²) in [5.41, 5.74) is 5.58. The molecule has 4 nitrogen and oxygen atoms in total. The average Bonchev–Trinajstić information content (AvgIpc) is 2.23. The van der Waals surface area contributed by atoms with Crippen molar-refractivity contribution in [1.29, 1.82) is 0 Å². The number of carbonyl (C=O) groups excluding carboxylic acids is 1. The lowest BCUT2D eigenvalue weighted by molar-refractivity contribution is -0.00918. The Morgan fingerprint density at radius 2 is 2.05 bits per heavy atom. The fraction of sp³-hybridized carbons (Fsp3) is 0.938. The smallest absolute Gasteiger partial charge is 0.410 e. The lowest BCUT2D eigenvalue weighted by Gasteiger charge is -2.44. The van der Waals surface area contributed by atoms with E-state index in [2.05, 4.69) is 13.8 Å². The fourth-order valence-corrected chi connectivity index (χ4v) is 2.67. The molecule has 0 saturated carbocycles. The van der Waals surface area contributed by atoms with Crippen molar-refractivity contribution in [2.45, 2.75) is 84.9 Å². The Kier molecular flexibility index (Phi) is 5.47. The number of nitrogens with zero attached hydrogens (tertiary/aromatic N) is 1. The molecule has 1 amide bonds. The minimum absolute atomic E-state index is 0.168. The summed E-state index contributed by atoms with van der Waals surface area (Å²) in [6, 6.07) is 0.453. The van der Waals surface area contributed by atoms with Gasteiger partial charge in [-0.3, -0.25) is 0 Å². The second-order valence-electron chi connectivity index (χ2n) is 8.02. The molecule has 4 heteroatoms. The molecule has 0 bridgehead atoms. The van der Waals surface area contributed by atoms with Gasteiger partial charge >= 0.3 is 6.09 Å². The van der Waals surface area contributed by atoms with Gasteiger partial charge in [-0.1, -0.05) is 13.8 Å². The Hall–Kier alpha value is -0.770. The summed E-state index contributed by atoms with van der Waals surface area (Å²) in [7, 11) is 0. The highest BCUT2D eigenvalue weighted by Gasteiger charge is 2.37. The van der Waals surface area contributed by atoms with Gasteiger partial charge in [0.05, 0.1) is 0 Å². The lowest BCUT2D eigenvalue weighted by atomic mass is 9.80. The van der Waals surface area contributed by atoms with Crippen LogP contribution in [-0.2, 0) is 4.74 Å². The number of piperidine rings is 1. The molecule has 0 aromatic rings. The third-order valence-corrected chi connectivity index (χ3v) is 3.78. The molecule has 1 fully saturated rings. The van der Waals surface area contributed by atoms with Crippen LogP contribution in [0.3, 0.4) is 0 Å². The quantitative estimate of drug-likeness (QED) is 0.862. The van der Waals surface area contributed by atoms with Crippen LogP contribution < -0.4 is 5.73 Å². The van der Waals surface area contributed by atoms with E-state index in [-0.39, 0.29) is 23.6 Å². The third kappa shape index (κ3) is 5.70. The number of ether oxygens (including phenoxy) is 1. The molecule has 1 saturated heterocycles. The maximum absolute atomic E-state index is 12.4. The molecule has 0 aromatic carbocycles. The van der Waals surface area contributed by atoms with E-state index < -0.39 is 5.60 Å². The zero-order valence-electron chi connectivity index (χ0n) is 14.0. The van der Waals surface area contributed by atoms with E-state index in [1.807, 2.05) is 32.6 Å². The molecule has 1 aliphatic heterocycles. The predicted octanol–water partition coefficient (Wildman–Crippen LogP) is 3.54. The van der Waals surface area contributed by atoms with Gasteiger partial charge in [0.15, 0.2) is 0 Å². The first-order valence-electron chi connectivity index (χ1n) is 7.75. The Bertz CT molecular complexity index is 330. The Morgan fingerprint density at radius 1 is 1.45 bits per heavy atom. The van der Waals surface area contributed by atoms with Gasteiger partial charge in [-0.25, -0.2) is 4.79 Å². The summed E-state index contributed by atoms with van der Waals surface area (Å²) < 4.78 is 5.56. The second-order valence-corrected chi connectivity index (χ2v) is 8.02. The summed E-state index contributed by atoms with van der Waals surface area (Å²) >= 11 is 0. The molecule has 118 valence electrons. The third-order valence-electron chi connectivity index (χ3n) is 3.78. The van der Waals surface area contributed by atoms with Crippen LogP contribution in [0.2, 0.25) is 0 Å². The van der Waals surface area contributed by atoms with Gasteiger partial charge in [0, 0.05) is 18.6 Å². The van der Waals surface area contributed by atoms with E-state index in [1.165, 1.54) is 0 Å². The molecule has 1 heterocycles. The number of hydrogen-bond donors (Lipinski definition) is 1. The van der Waals surface area contributed by atoms with Crippen LogP contribution in [0, 0.1) is 5.41 Å². The highest BCUT2D eigenvalue weighted by Crippen LogP contribution is 2.34. The van der Waals surface area contributed by atoms with Crippen LogP contribution in [0.15, 0.2) is 0 Å². The molecule has 1 unspecified atom stereocenters. The molecule has 1 rings (SSSR count). The van der Waals surface area contributed by atoms with Crippen molar-refractivity contribution in [3.63, 3.8) is 0 Å². The normalized spacial score (nSPS) is 24.4. The van der Waals surface area contributed by atoms with Gasteiger partial charge in [0.1, 0.15) is 5.60 Å². The molecular formula is C16H32N2O2. The van der Waals surface area contributed by atoms with Crippen LogP contribution in [0.5, 0.6) is 0 Å². The van der Waals surface area contributed by atoms with E-state index in [4.69, 9.17) is 10.5 Å². The topological polar surface area (TPSA) is 55.6 Å². The van der Waals surface area contributed by atoms with E-state index in [0.29, 0.717) is 0 Å². The van der Waals surface area contributed by atoms with E-state index in [9.17, 15) is 4.79 Å². The minimum atomic E-state index is -0.440. The van der Waals surface area contributed by atoms with Crippen molar-refractivity contribution in [2.24, 2.45) is 11.1 Å². The van der Waals surface area contributed by atoms with Gasteiger partial charge in [-0.15, -0.1) is 0 Å². The molecule has 0 aliphatic carbocycles. The second kappa shape index (κ2) is 6.33. The molecule has 0 radical (unpaired) electrons. The van der Waals surface area contributed by atoms with Crippen LogP contribution in [-0.4, -0.2) is 35.2 Å². The van der Waals surface area contributed by atoms with Crippen LogP contribution in [0.1, 0.15) is 67.2 Å². The number of rotatable bonds is 3. The number of hydrogen-bond acceptors (Lipinski definition) is 3. The zero-order valence-corrected chi connectivity index (χ0v) is 14.0. The summed E-state index contributed by atoms with van der Waals surface area (Å²) in [5.74, 6) is 0. The van der Waals surface area contributed by atoms with Crippen molar-refractivity contribution < 1.29 is 9.53 Å². The van der Waals surface area contributed by atoms with Crippen molar-refractivity contribution in [3.05, 3.63) is 0 Å². The monoisotopic (exact) mass is 284 g/mol. The van der Waals surface area contributed by atoms with Gasteiger partial charge in [0.2, 0.25) is 0 Å². The SMILES string of the molecule is C[C@H](N)CCC1CCC(C)(C)CN1C(=O)OC(C)(C)C. The number of nitrogens with two attached hydrogens (primary N) is 1. The van der Waals surface area contributed by atoms with Gasteiger partial charge in [-0.2, -0.15) is 0 Å². The Labute approximate surface area is 124 Å². The van der Waals surface area contributed by atoms with Gasteiger partial charge in [0.25, 0.3) is 0 Å². The molecule has 1 aliphatic rings. The van der Waals surface area contributed by atoms with Gasteiger partial charge < -0.3 is 15.4 Å². The first-order valence-corrected chi connectivity index (χ1v) is 7.75. The Morgan fingerprint density at radius 3 is 2.55 bits per heavy atom. The number of carbonyl (C=O) groups is 1. The van der Waals surface area contributed by atoms with Crippen LogP contribution >= 0.6 is 0 Å². The van der Waals surface area contributed by atoms with E-state index in [0.717, 1.165) is 32.2 Å². The van der Waals surface area contributed by atoms with Crippen molar-refractivity contribution in [1.82, 2.24) is 4.90 Å². The van der Waals surface area contributed by atoms with Crippen molar-refractivity contribution in [2.75, 3.05) is 6.54 Å². The maximum Gasteiger partial charge on any atom is 0.410 e. The zero-order chi connectivity index (χ0) is 15.6. The number of amides is 1. The summed E-state index contributed by atoms with van der Waals surface area (Å²) in [5, 5.41) is 0. The molecular weight excluding hydrogens is 252 g/mol. The first-order chi connectivity index (χ1) is 9.00. The molecule has 0 spiro atoms. The highest BCUT2D eigenvalue weighted by molar-refractivity contribution is 5.68. The fourth-order valence-electron chi connectivity index (χ4n) is 2.67.